The van der Waals surface area contributed by atoms with Crippen LogP contribution in [0.5, 0.6) is 0 Å². The smallest absolute Gasteiger partial charge is 0.226 e. The molecule has 0 heterocycles. The van der Waals surface area contributed by atoms with Crippen LogP contribution in [-0.2, 0) is 10.5 Å². The minimum Gasteiger partial charge on any atom is -0.341 e. The van der Waals surface area contributed by atoms with Gasteiger partial charge in [0.1, 0.15) is 10.2 Å². The van der Waals surface area contributed by atoms with Gasteiger partial charge in [-0.05, 0) is 5.56 Å². The van der Waals surface area contributed by atoms with E-state index in [9.17, 15) is 4.79 Å². The molecule has 0 aliphatic rings. The quantitative estimate of drug-likeness (QED) is 0.650. The fourth-order valence-electron chi connectivity index (χ4n) is 1.28. The molecule has 0 radical (unpaired) electrons. The summed E-state index contributed by atoms with van der Waals surface area (Å²) in [6.07, 6.45) is 0. The molecule has 0 saturated carbocycles. The number of hydrogen-bond acceptors (Lipinski definition) is 2. The molecule has 1 amide bonds. The van der Waals surface area contributed by atoms with Crippen molar-refractivity contribution < 1.29 is 4.79 Å². The molecule has 0 aliphatic heterocycles. The molecule has 2 nitrogen and oxygen atoms in total. The molecule has 19 heavy (non-hydrogen) atoms. The molecule has 0 unspecified atom stereocenters. The number of carbonyl (C=O) groups is 1. The van der Waals surface area contributed by atoms with E-state index in [2.05, 4.69) is 5.32 Å². The van der Waals surface area contributed by atoms with Gasteiger partial charge in [0.05, 0.1) is 0 Å². The van der Waals surface area contributed by atoms with Crippen molar-refractivity contribution in [2.75, 3.05) is 0 Å². The van der Waals surface area contributed by atoms with Crippen molar-refractivity contribution in [2.24, 2.45) is 5.41 Å². The van der Waals surface area contributed by atoms with Gasteiger partial charge in [0.2, 0.25) is 5.91 Å². The summed E-state index contributed by atoms with van der Waals surface area (Å²) >= 11 is 13.4. The van der Waals surface area contributed by atoms with Crippen molar-refractivity contribution in [1.82, 2.24) is 5.32 Å². The molecule has 1 rings (SSSR count). The zero-order chi connectivity index (χ0) is 14.5. The van der Waals surface area contributed by atoms with E-state index in [0.717, 1.165) is 5.75 Å². The molecule has 5 heteroatoms. The maximum absolute atomic E-state index is 11.9. The second-order valence-corrected chi connectivity index (χ2v) is 7.57. The van der Waals surface area contributed by atoms with Crippen LogP contribution >= 0.6 is 35.0 Å². The number of thioether (sulfide) groups is 1. The third-order valence-corrected chi connectivity index (χ3v) is 4.51. The maximum Gasteiger partial charge on any atom is 0.226 e. The van der Waals surface area contributed by atoms with Gasteiger partial charge < -0.3 is 5.32 Å². The summed E-state index contributed by atoms with van der Waals surface area (Å²) in [4.78, 5) is 11.3. The Morgan fingerprint density at radius 3 is 2.32 bits per heavy atom. The van der Waals surface area contributed by atoms with E-state index in [0.29, 0.717) is 0 Å². The van der Waals surface area contributed by atoms with Gasteiger partial charge in [-0.3, -0.25) is 4.79 Å². The molecule has 1 atom stereocenters. The molecular weight excluding hydrogens is 301 g/mol. The highest BCUT2D eigenvalue weighted by Crippen LogP contribution is 2.25. The number of amides is 1. The lowest BCUT2D eigenvalue weighted by Gasteiger charge is -2.24. The predicted octanol–water partition coefficient (Wildman–Crippen LogP) is 4.21. The first-order valence-corrected chi connectivity index (χ1v) is 7.97. The second-order valence-electron chi connectivity index (χ2n) is 5.28. The Labute approximate surface area is 129 Å². The number of halogens is 2. The highest BCUT2D eigenvalue weighted by atomic mass is 35.5. The first kappa shape index (κ1) is 16.7. The minimum atomic E-state index is -0.639. The highest BCUT2D eigenvalue weighted by Gasteiger charge is 2.27. The van der Waals surface area contributed by atoms with Crippen molar-refractivity contribution in [3.63, 3.8) is 0 Å². The Hall–Kier alpha value is -0.380. The summed E-state index contributed by atoms with van der Waals surface area (Å²) in [5.41, 5.74) is 0.727. The lowest BCUT2D eigenvalue weighted by Crippen LogP contribution is -2.43. The average molecular weight is 320 g/mol. The molecule has 0 bridgehead atoms. The normalized spacial score (nSPS) is 13.4. The summed E-state index contributed by atoms with van der Waals surface area (Å²) in [5, 5.41) is 2.58. The number of carbonyl (C=O) groups excluding carboxylic acids is 1. The van der Waals surface area contributed by atoms with Crippen LogP contribution in [0.3, 0.4) is 0 Å². The Morgan fingerprint density at radius 1 is 1.26 bits per heavy atom. The second kappa shape index (κ2) is 7.41. The van der Waals surface area contributed by atoms with E-state index >= 15 is 0 Å². The lowest BCUT2D eigenvalue weighted by atomic mass is 9.96. The van der Waals surface area contributed by atoms with Gasteiger partial charge in [-0.15, -0.1) is 35.0 Å². The van der Waals surface area contributed by atoms with E-state index in [4.69, 9.17) is 23.2 Å². The summed E-state index contributed by atoms with van der Waals surface area (Å²) in [6.45, 7) is 5.58. The fourth-order valence-corrected chi connectivity index (χ4v) is 2.75. The van der Waals surface area contributed by atoms with Crippen LogP contribution in [0.25, 0.3) is 0 Å². The fraction of sp³-hybridized carbons (Fsp3) is 0.500. The molecule has 1 aromatic carbocycles. The average Bonchev–Trinajstić information content (AvgIpc) is 2.33. The van der Waals surface area contributed by atoms with E-state index in [1.807, 2.05) is 51.1 Å². The largest absolute Gasteiger partial charge is 0.341 e. The van der Waals surface area contributed by atoms with Crippen molar-refractivity contribution >= 4 is 40.9 Å². The van der Waals surface area contributed by atoms with Gasteiger partial charge in [0.25, 0.3) is 0 Å². The van der Waals surface area contributed by atoms with E-state index < -0.39 is 10.3 Å². The van der Waals surface area contributed by atoms with Crippen LogP contribution in [0, 0.1) is 5.41 Å². The standard InChI is InChI=1S/C14H19Cl2NOS/c1-14(2,3)13(18)17-12(11(15)16)19-9-10-7-5-4-6-8-10/h4-8,11-12H,9H2,1-3H3,(H,17,18)/t12-/m0/s1. The Morgan fingerprint density at radius 2 is 1.84 bits per heavy atom. The molecule has 1 aromatic rings. The summed E-state index contributed by atoms with van der Waals surface area (Å²) < 4.78 is 0. The van der Waals surface area contributed by atoms with Crippen LogP contribution in [-0.4, -0.2) is 16.1 Å². The highest BCUT2D eigenvalue weighted by molar-refractivity contribution is 7.99. The first-order valence-electron chi connectivity index (χ1n) is 6.05. The van der Waals surface area contributed by atoms with Crippen LogP contribution in [0.2, 0.25) is 0 Å². The van der Waals surface area contributed by atoms with Gasteiger partial charge in [0.15, 0.2) is 0 Å². The Balaban J connectivity index is 2.57. The third kappa shape index (κ3) is 6.07. The van der Waals surface area contributed by atoms with Crippen LogP contribution in [0.4, 0.5) is 0 Å². The van der Waals surface area contributed by atoms with E-state index in [1.54, 1.807) is 0 Å². The first-order chi connectivity index (χ1) is 8.80. The van der Waals surface area contributed by atoms with Crippen molar-refractivity contribution in [2.45, 2.75) is 36.7 Å². The van der Waals surface area contributed by atoms with Gasteiger partial charge in [0, 0.05) is 11.2 Å². The minimum absolute atomic E-state index is 0.0515. The zero-order valence-corrected chi connectivity index (χ0v) is 13.6. The van der Waals surface area contributed by atoms with Crippen molar-refractivity contribution in [1.29, 1.82) is 0 Å². The Bertz CT molecular complexity index is 404. The molecule has 0 saturated heterocycles. The maximum atomic E-state index is 11.9. The van der Waals surface area contributed by atoms with E-state index in [-0.39, 0.29) is 11.3 Å². The number of rotatable bonds is 5. The van der Waals surface area contributed by atoms with Crippen molar-refractivity contribution in [3.8, 4) is 0 Å². The Kier molecular flexibility index (Phi) is 6.51. The van der Waals surface area contributed by atoms with Crippen LogP contribution in [0.15, 0.2) is 30.3 Å². The summed E-state index contributed by atoms with van der Waals surface area (Å²) in [5.74, 6) is 0.704. The van der Waals surface area contributed by atoms with Gasteiger partial charge in [-0.25, -0.2) is 0 Å². The molecule has 0 aromatic heterocycles. The molecule has 0 spiro atoms. The van der Waals surface area contributed by atoms with Gasteiger partial charge in [-0.1, -0.05) is 51.1 Å². The van der Waals surface area contributed by atoms with E-state index in [1.165, 1.54) is 17.3 Å². The molecule has 0 aliphatic carbocycles. The monoisotopic (exact) mass is 319 g/mol. The van der Waals surface area contributed by atoms with Gasteiger partial charge >= 0.3 is 0 Å². The molecule has 106 valence electrons. The van der Waals surface area contributed by atoms with Crippen LogP contribution < -0.4 is 5.32 Å². The molecule has 1 N–H and O–H groups in total. The van der Waals surface area contributed by atoms with Crippen molar-refractivity contribution in [3.05, 3.63) is 35.9 Å². The number of hydrogen-bond donors (Lipinski definition) is 1. The number of benzene rings is 1. The third-order valence-electron chi connectivity index (χ3n) is 2.46. The summed E-state index contributed by atoms with van der Waals surface area (Å²) in [6, 6.07) is 10.0. The SMILES string of the molecule is CC(C)(C)C(=O)N[C@@H](SCc1ccccc1)C(Cl)Cl. The zero-order valence-electron chi connectivity index (χ0n) is 11.3. The molecule has 0 fully saturated rings. The summed E-state index contributed by atoms with van der Waals surface area (Å²) in [7, 11) is 0. The molecular formula is C14H19Cl2NOS. The number of alkyl halides is 2. The lowest BCUT2D eigenvalue weighted by molar-refractivity contribution is -0.128. The number of nitrogens with one attached hydrogen (secondary N) is 1. The van der Waals surface area contributed by atoms with Crippen LogP contribution in [0.1, 0.15) is 26.3 Å². The predicted molar refractivity (Wildman–Crippen MR) is 84.6 cm³/mol. The topological polar surface area (TPSA) is 29.1 Å². The van der Waals surface area contributed by atoms with Gasteiger partial charge in [-0.2, -0.15) is 0 Å².